The second-order valence-electron chi connectivity index (χ2n) is 23.8. The van der Waals surface area contributed by atoms with Crippen LogP contribution in [0.2, 0.25) is 0 Å². The van der Waals surface area contributed by atoms with Crippen molar-refractivity contribution < 1.29 is 28.6 Å². The molecule has 0 fully saturated rings. The van der Waals surface area contributed by atoms with Crippen molar-refractivity contribution in [2.75, 3.05) is 13.2 Å². The van der Waals surface area contributed by atoms with Gasteiger partial charge in [-0.25, -0.2) is 0 Å². The van der Waals surface area contributed by atoms with E-state index < -0.39 is 6.10 Å². The summed E-state index contributed by atoms with van der Waals surface area (Å²) in [5.41, 5.74) is 0. The van der Waals surface area contributed by atoms with Crippen LogP contribution in [0.1, 0.15) is 380 Å². The van der Waals surface area contributed by atoms with Gasteiger partial charge in [-0.05, 0) is 57.8 Å². The molecule has 0 N–H and O–H groups in total. The monoisotopic (exact) mass is 1110 g/mol. The van der Waals surface area contributed by atoms with Crippen LogP contribution in [0.3, 0.4) is 0 Å². The standard InChI is InChI=1S/C73H134O6/c1-4-7-10-13-16-19-21-23-25-27-29-31-33-35-36-37-38-39-41-42-44-46-48-50-52-54-57-60-63-66-72(75)78-69-70(68-77-71(74)65-62-59-56-18-15-12-9-6-3)79-73(76)67-64-61-58-55-53-51-49-47-45-43-40-34-32-30-28-26-24-22-20-17-14-11-8-5-2/h7,10,16,19,23,25,29,31,70H,4-6,8-9,11-15,17-18,20-22,24,26-28,30,32-69H2,1-3H3/b10-7-,19-16-,25-23-,31-29-. The summed E-state index contributed by atoms with van der Waals surface area (Å²) >= 11 is 0. The van der Waals surface area contributed by atoms with Crippen LogP contribution < -0.4 is 0 Å². The second kappa shape index (κ2) is 67.9. The van der Waals surface area contributed by atoms with E-state index in [0.717, 1.165) is 83.5 Å². The molecule has 0 saturated heterocycles. The third kappa shape index (κ3) is 66.1. The lowest BCUT2D eigenvalue weighted by molar-refractivity contribution is -0.167. The topological polar surface area (TPSA) is 78.9 Å². The molecule has 462 valence electrons. The molecule has 0 aliphatic heterocycles. The molecule has 0 aromatic rings. The van der Waals surface area contributed by atoms with Crippen molar-refractivity contribution in [2.45, 2.75) is 386 Å². The predicted octanol–water partition coefficient (Wildman–Crippen LogP) is 24.1. The molecule has 0 bridgehead atoms. The van der Waals surface area contributed by atoms with Crippen LogP contribution in [0.25, 0.3) is 0 Å². The Morgan fingerprint density at radius 3 is 0.772 bits per heavy atom. The normalized spacial score (nSPS) is 12.3. The van der Waals surface area contributed by atoms with Gasteiger partial charge in [-0.3, -0.25) is 14.4 Å². The van der Waals surface area contributed by atoms with Crippen LogP contribution in [0.15, 0.2) is 48.6 Å². The molecule has 0 spiro atoms. The fourth-order valence-electron chi connectivity index (χ4n) is 10.6. The van der Waals surface area contributed by atoms with E-state index in [2.05, 4.69) is 69.4 Å². The zero-order valence-electron chi connectivity index (χ0n) is 53.2. The Morgan fingerprint density at radius 2 is 0.494 bits per heavy atom. The summed E-state index contributed by atoms with van der Waals surface area (Å²) in [4.78, 5) is 38.2. The first-order valence-electron chi connectivity index (χ1n) is 35.1. The van der Waals surface area contributed by atoms with Gasteiger partial charge in [0.25, 0.3) is 0 Å². The average Bonchev–Trinajstić information content (AvgIpc) is 3.45. The van der Waals surface area contributed by atoms with E-state index in [1.807, 2.05) is 0 Å². The van der Waals surface area contributed by atoms with Crippen LogP contribution >= 0.6 is 0 Å². The summed E-state index contributed by atoms with van der Waals surface area (Å²) in [5.74, 6) is -0.844. The van der Waals surface area contributed by atoms with Gasteiger partial charge >= 0.3 is 17.9 Å². The fourth-order valence-corrected chi connectivity index (χ4v) is 10.6. The van der Waals surface area contributed by atoms with Gasteiger partial charge in [0.2, 0.25) is 0 Å². The minimum Gasteiger partial charge on any atom is -0.462 e. The third-order valence-corrected chi connectivity index (χ3v) is 15.8. The van der Waals surface area contributed by atoms with Gasteiger partial charge in [-0.2, -0.15) is 0 Å². The summed E-state index contributed by atoms with van der Waals surface area (Å²) < 4.78 is 16.9. The molecule has 0 aromatic heterocycles. The van der Waals surface area contributed by atoms with E-state index in [1.54, 1.807) is 0 Å². The van der Waals surface area contributed by atoms with E-state index in [-0.39, 0.29) is 31.1 Å². The van der Waals surface area contributed by atoms with E-state index in [4.69, 9.17) is 14.2 Å². The van der Waals surface area contributed by atoms with Gasteiger partial charge in [0.15, 0.2) is 6.10 Å². The maximum Gasteiger partial charge on any atom is 0.306 e. The van der Waals surface area contributed by atoms with Crippen molar-refractivity contribution in [3.63, 3.8) is 0 Å². The molecule has 6 heteroatoms. The number of rotatable bonds is 65. The summed E-state index contributed by atoms with van der Waals surface area (Å²) in [6.45, 7) is 6.57. The van der Waals surface area contributed by atoms with Crippen LogP contribution in [0.5, 0.6) is 0 Å². The molecular weight excluding hydrogens is 973 g/mol. The van der Waals surface area contributed by atoms with Crippen molar-refractivity contribution in [1.82, 2.24) is 0 Å². The lowest BCUT2D eigenvalue weighted by Crippen LogP contribution is -2.30. The highest BCUT2D eigenvalue weighted by atomic mass is 16.6. The fraction of sp³-hybridized carbons (Fsp3) is 0.849. The number of carbonyl (C=O) groups is 3. The molecule has 0 saturated carbocycles. The Balaban J connectivity index is 4.06. The van der Waals surface area contributed by atoms with Gasteiger partial charge in [0.1, 0.15) is 13.2 Å². The average molecular weight is 1110 g/mol. The highest BCUT2D eigenvalue weighted by Crippen LogP contribution is 2.19. The molecule has 79 heavy (non-hydrogen) atoms. The molecule has 0 aliphatic rings. The number of unbranched alkanes of at least 4 members (excludes halogenated alkanes) is 46. The number of allylic oxidation sites excluding steroid dienone is 8. The van der Waals surface area contributed by atoms with Crippen LogP contribution in [-0.2, 0) is 28.6 Å². The van der Waals surface area contributed by atoms with Crippen molar-refractivity contribution in [2.24, 2.45) is 0 Å². The largest absolute Gasteiger partial charge is 0.462 e. The number of hydrogen-bond acceptors (Lipinski definition) is 6. The Labute approximate surface area is 492 Å². The first-order valence-corrected chi connectivity index (χ1v) is 35.1. The van der Waals surface area contributed by atoms with Crippen molar-refractivity contribution >= 4 is 17.9 Å². The molecule has 0 rings (SSSR count). The Hall–Kier alpha value is -2.63. The van der Waals surface area contributed by atoms with E-state index >= 15 is 0 Å². The van der Waals surface area contributed by atoms with E-state index in [9.17, 15) is 14.4 Å². The minimum absolute atomic E-state index is 0.0665. The van der Waals surface area contributed by atoms with Crippen molar-refractivity contribution in [1.29, 1.82) is 0 Å². The van der Waals surface area contributed by atoms with Gasteiger partial charge in [0, 0.05) is 19.3 Å². The molecule has 1 atom stereocenters. The van der Waals surface area contributed by atoms with E-state index in [0.29, 0.717) is 19.3 Å². The Kier molecular flexibility index (Phi) is 65.6. The highest BCUT2D eigenvalue weighted by molar-refractivity contribution is 5.71. The summed E-state index contributed by atoms with van der Waals surface area (Å²) in [6, 6.07) is 0. The zero-order valence-corrected chi connectivity index (χ0v) is 53.2. The molecule has 0 amide bonds. The van der Waals surface area contributed by atoms with Crippen LogP contribution in [-0.4, -0.2) is 37.2 Å². The van der Waals surface area contributed by atoms with E-state index in [1.165, 1.54) is 257 Å². The Bertz CT molecular complexity index is 1360. The minimum atomic E-state index is -0.767. The summed E-state index contributed by atoms with van der Waals surface area (Å²) in [7, 11) is 0. The lowest BCUT2D eigenvalue weighted by Gasteiger charge is -2.18. The smallest absolute Gasteiger partial charge is 0.306 e. The van der Waals surface area contributed by atoms with Gasteiger partial charge in [0.05, 0.1) is 0 Å². The van der Waals surface area contributed by atoms with Gasteiger partial charge < -0.3 is 14.2 Å². The quantitative estimate of drug-likeness (QED) is 0.0261. The van der Waals surface area contributed by atoms with Crippen LogP contribution in [0.4, 0.5) is 0 Å². The molecule has 0 aliphatic carbocycles. The first kappa shape index (κ1) is 76.4. The van der Waals surface area contributed by atoms with Crippen molar-refractivity contribution in [3.8, 4) is 0 Å². The molecule has 1 unspecified atom stereocenters. The molecule has 0 heterocycles. The lowest BCUT2D eigenvalue weighted by atomic mass is 10.0. The van der Waals surface area contributed by atoms with Gasteiger partial charge in [-0.1, -0.05) is 352 Å². The van der Waals surface area contributed by atoms with Gasteiger partial charge in [-0.15, -0.1) is 0 Å². The number of esters is 3. The maximum absolute atomic E-state index is 12.9. The molecule has 0 aromatic carbocycles. The number of hydrogen-bond donors (Lipinski definition) is 0. The molecule has 6 nitrogen and oxygen atoms in total. The molecule has 0 radical (unpaired) electrons. The third-order valence-electron chi connectivity index (χ3n) is 15.8. The van der Waals surface area contributed by atoms with Crippen LogP contribution in [0, 0.1) is 0 Å². The predicted molar refractivity (Wildman–Crippen MR) is 344 cm³/mol. The highest BCUT2D eigenvalue weighted by Gasteiger charge is 2.19. The zero-order chi connectivity index (χ0) is 57.1. The van der Waals surface area contributed by atoms with Crippen molar-refractivity contribution in [3.05, 3.63) is 48.6 Å². The summed E-state index contributed by atoms with van der Waals surface area (Å²) in [6.07, 6.45) is 86.0. The second-order valence-corrected chi connectivity index (χ2v) is 23.8. The summed E-state index contributed by atoms with van der Waals surface area (Å²) in [5, 5.41) is 0. The maximum atomic E-state index is 12.9. The Morgan fingerprint density at radius 1 is 0.266 bits per heavy atom. The SMILES string of the molecule is CC/C=C\C/C=C\C/C=C\C/C=C\CCCCCCCCCCCCCCCCCCC(=O)OCC(COC(=O)CCCCCCCCCC)OC(=O)CCCCCCCCCCCCCCCCCCCCCCCCCC. The first-order chi connectivity index (χ1) is 39.0. The molecular formula is C73H134O6. The number of carbonyl (C=O) groups excluding carboxylic acids is 3. The number of ether oxygens (including phenoxy) is 3.